The van der Waals surface area contributed by atoms with Crippen LogP contribution in [0.4, 0.5) is 0 Å². The van der Waals surface area contributed by atoms with E-state index in [9.17, 15) is 14.7 Å². The van der Waals surface area contributed by atoms with Crippen LogP contribution in [-0.4, -0.2) is 87.3 Å². The van der Waals surface area contributed by atoms with Gasteiger partial charge in [0.2, 0.25) is 5.75 Å². The molecule has 2 aromatic carbocycles. The molecule has 4 rings (SSSR count). The number of likely N-dealkylation sites (tertiary alicyclic amines) is 1. The molecule has 2 saturated heterocycles. The summed E-state index contributed by atoms with van der Waals surface area (Å²) < 4.78 is 21.9. The van der Waals surface area contributed by atoms with E-state index >= 15 is 0 Å². The predicted octanol–water partition coefficient (Wildman–Crippen LogP) is 2.86. The zero-order chi connectivity index (χ0) is 25.7. The third kappa shape index (κ3) is 5.03. The van der Waals surface area contributed by atoms with Crippen LogP contribution in [-0.2, 0) is 14.3 Å². The smallest absolute Gasteiger partial charge is 0.295 e. The molecular weight excluding hydrogens is 464 g/mol. The van der Waals surface area contributed by atoms with Gasteiger partial charge in [0.1, 0.15) is 5.76 Å². The van der Waals surface area contributed by atoms with Gasteiger partial charge in [0.05, 0.1) is 46.2 Å². The Labute approximate surface area is 210 Å². The number of carbonyl (C=O) groups excluding carboxylic acids is 2. The Hall–Kier alpha value is -3.56. The highest BCUT2D eigenvalue weighted by Gasteiger charge is 2.46. The minimum atomic E-state index is -0.816. The van der Waals surface area contributed by atoms with E-state index < -0.39 is 17.7 Å². The van der Waals surface area contributed by atoms with Crippen molar-refractivity contribution in [3.05, 3.63) is 59.2 Å². The normalized spacial score (nSPS) is 20.0. The zero-order valence-electron chi connectivity index (χ0n) is 20.9. The average Bonchev–Trinajstić information content (AvgIpc) is 3.17. The van der Waals surface area contributed by atoms with Crippen molar-refractivity contribution in [3.8, 4) is 17.2 Å². The number of aliphatic hydroxyl groups excluding tert-OH is 1. The number of nitrogens with zero attached hydrogens (tertiary/aromatic N) is 2. The molecule has 1 N–H and O–H groups in total. The molecule has 0 aromatic heterocycles. The van der Waals surface area contributed by atoms with Crippen molar-refractivity contribution >= 4 is 17.4 Å². The lowest BCUT2D eigenvalue weighted by atomic mass is 9.94. The monoisotopic (exact) mass is 496 g/mol. The van der Waals surface area contributed by atoms with E-state index in [1.807, 2.05) is 6.07 Å². The van der Waals surface area contributed by atoms with Crippen LogP contribution in [0.5, 0.6) is 17.2 Å². The Morgan fingerprint density at radius 2 is 1.61 bits per heavy atom. The minimum absolute atomic E-state index is 0.0341. The van der Waals surface area contributed by atoms with Gasteiger partial charge >= 0.3 is 0 Å². The Kier molecular flexibility index (Phi) is 8.12. The van der Waals surface area contributed by atoms with Crippen LogP contribution in [0.2, 0.25) is 0 Å². The van der Waals surface area contributed by atoms with Crippen LogP contribution in [0.25, 0.3) is 5.76 Å². The van der Waals surface area contributed by atoms with E-state index in [0.717, 1.165) is 19.6 Å². The molecule has 192 valence electrons. The second kappa shape index (κ2) is 11.5. The average molecular weight is 497 g/mol. The molecule has 2 heterocycles. The number of methoxy groups -OCH3 is 3. The molecule has 0 bridgehead atoms. The van der Waals surface area contributed by atoms with Crippen molar-refractivity contribution < 1.29 is 33.6 Å². The largest absolute Gasteiger partial charge is 0.507 e. The standard InChI is InChI=1S/C27H32N2O7/c1-33-20-16-19(17-21(34-2)26(20)35-3)23-22(24(30)18-8-5-4-6-9-18)25(31)27(32)29(23)11-7-10-28-12-14-36-15-13-28/h4-6,8-9,16-17,23,30H,7,10-15H2,1-3H3/t23-/m0/s1. The van der Waals surface area contributed by atoms with E-state index in [2.05, 4.69) is 4.90 Å². The molecule has 2 fully saturated rings. The summed E-state index contributed by atoms with van der Waals surface area (Å²) in [6, 6.07) is 11.4. The lowest BCUT2D eigenvalue weighted by molar-refractivity contribution is -0.140. The van der Waals surface area contributed by atoms with Gasteiger partial charge in [-0.15, -0.1) is 0 Å². The Morgan fingerprint density at radius 3 is 2.19 bits per heavy atom. The van der Waals surface area contributed by atoms with Gasteiger partial charge in [-0.05, 0) is 24.1 Å². The van der Waals surface area contributed by atoms with Crippen molar-refractivity contribution in [2.75, 3.05) is 60.7 Å². The van der Waals surface area contributed by atoms with Crippen LogP contribution in [0.1, 0.15) is 23.6 Å². The van der Waals surface area contributed by atoms with E-state index in [-0.39, 0.29) is 11.3 Å². The fourth-order valence-corrected chi connectivity index (χ4v) is 4.76. The number of Topliss-reactive ketones (excluding diaryl/α,β-unsaturated/α-hetero) is 1. The summed E-state index contributed by atoms with van der Waals surface area (Å²) in [6.45, 7) is 4.16. The molecule has 0 radical (unpaired) electrons. The van der Waals surface area contributed by atoms with Crippen molar-refractivity contribution in [2.45, 2.75) is 12.5 Å². The number of hydrogen-bond donors (Lipinski definition) is 1. The molecule has 1 atom stereocenters. The van der Waals surface area contributed by atoms with Crippen molar-refractivity contribution in [3.63, 3.8) is 0 Å². The summed E-state index contributed by atoms with van der Waals surface area (Å²) in [5, 5.41) is 11.2. The highest BCUT2D eigenvalue weighted by Crippen LogP contribution is 2.45. The number of hydrogen-bond acceptors (Lipinski definition) is 8. The fourth-order valence-electron chi connectivity index (χ4n) is 4.76. The molecule has 9 nitrogen and oxygen atoms in total. The summed E-state index contributed by atoms with van der Waals surface area (Å²) >= 11 is 0. The van der Waals surface area contributed by atoms with Gasteiger partial charge in [0.15, 0.2) is 11.5 Å². The van der Waals surface area contributed by atoms with Gasteiger partial charge in [0.25, 0.3) is 11.7 Å². The quantitative estimate of drug-likeness (QED) is 0.322. The second-order valence-electron chi connectivity index (χ2n) is 8.62. The molecule has 36 heavy (non-hydrogen) atoms. The maximum atomic E-state index is 13.3. The number of aliphatic hydroxyl groups is 1. The van der Waals surface area contributed by atoms with Gasteiger partial charge in [-0.1, -0.05) is 30.3 Å². The number of rotatable bonds is 9. The lowest BCUT2D eigenvalue weighted by Gasteiger charge is -2.29. The van der Waals surface area contributed by atoms with Gasteiger partial charge in [-0.3, -0.25) is 14.5 Å². The van der Waals surface area contributed by atoms with Crippen molar-refractivity contribution in [1.29, 1.82) is 0 Å². The molecule has 0 aliphatic carbocycles. The zero-order valence-corrected chi connectivity index (χ0v) is 20.9. The number of carbonyl (C=O) groups is 2. The molecular formula is C27H32N2O7. The van der Waals surface area contributed by atoms with Crippen LogP contribution in [0.3, 0.4) is 0 Å². The Bertz CT molecular complexity index is 1100. The molecule has 0 saturated carbocycles. The maximum absolute atomic E-state index is 13.3. The summed E-state index contributed by atoms with van der Waals surface area (Å²) in [5.74, 6) is -0.398. The summed E-state index contributed by atoms with van der Waals surface area (Å²) in [4.78, 5) is 30.3. The third-order valence-corrected chi connectivity index (χ3v) is 6.57. The number of morpholine rings is 1. The van der Waals surface area contributed by atoms with E-state index in [4.69, 9.17) is 18.9 Å². The van der Waals surface area contributed by atoms with E-state index in [1.54, 1.807) is 36.4 Å². The van der Waals surface area contributed by atoms with Crippen LogP contribution >= 0.6 is 0 Å². The number of ketones is 1. The Morgan fingerprint density at radius 1 is 0.972 bits per heavy atom. The molecule has 9 heteroatoms. The number of benzene rings is 2. The first-order valence-electron chi connectivity index (χ1n) is 11.9. The topological polar surface area (TPSA) is 97.8 Å². The van der Waals surface area contributed by atoms with Gasteiger partial charge < -0.3 is 29.0 Å². The van der Waals surface area contributed by atoms with Crippen molar-refractivity contribution in [1.82, 2.24) is 9.80 Å². The SMILES string of the molecule is COc1cc([C@H]2C(=C(O)c3ccccc3)C(=O)C(=O)N2CCCN2CCOCC2)cc(OC)c1OC. The first-order valence-corrected chi connectivity index (χ1v) is 11.9. The molecule has 2 aliphatic heterocycles. The summed E-state index contributed by atoms with van der Waals surface area (Å²) in [5.41, 5.74) is 1.07. The highest BCUT2D eigenvalue weighted by molar-refractivity contribution is 6.46. The van der Waals surface area contributed by atoms with Crippen LogP contribution in [0, 0.1) is 0 Å². The molecule has 0 spiro atoms. The first-order chi connectivity index (χ1) is 17.5. The lowest BCUT2D eigenvalue weighted by Crippen LogP contribution is -2.39. The van der Waals surface area contributed by atoms with E-state index in [0.29, 0.717) is 54.6 Å². The minimum Gasteiger partial charge on any atom is -0.507 e. The molecule has 0 unspecified atom stereocenters. The summed E-state index contributed by atoms with van der Waals surface area (Å²) in [6.07, 6.45) is 0.666. The predicted molar refractivity (Wildman–Crippen MR) is 133 cm³/mol. The highest BCUT2D eigenvalue weighted by atomic mass is 16.5. The van der Waals surface area contributed by atoms with Crippen LogP contribution in [0.15, 0.2) is 48.0 Å². The van der Waals surface area contributed by atoms with Crippen molar-refractivity contribution in [2.24, 2.45) is 0 Å². The second-order valence-corrected chi connectivity index (χ2v) is 8.62. The number of amides is 1. The van der Waals surface area contributed by atoms with Gasteiger partial charge in [0, 0.05) is 31.7 Å². The van der Waals surface area contributed by atoms with Crippen LogP contribution < -0.4 is 14.2 Å². The number of ether oxygens (including phenoxy) is 4. The molecule has 2 aromatic rings. The first kappa shape index (κ1) is 25.5. The maximum Gasteiger partial charge on any atom is 0.295 e. The van der Waals surface area contributed by atoms with Gasteiger partial charge in [-0.25, -0.2) is 0 Å². The molecule has 2 aliphatic rings. The van der Waals surface area contributed by atoms with Gasteiger partial charge in [-0.2, -0.15) is 0 Å². The molecule has 1 amide bonds. The fraction of sp³-hybridized carbons (Fsp3) is 0.407. The Balaban J connectivity index is 1.76. The summed E-state index contributed by atoms with van der Waals surface area (Å²) in [7, 11) is 4.52. The van der Waals surface area contributed by atoms with E-state index in [1.165, 1.54) is 26.2 Å². The third-order valence-electron chi connectivity index (χ3n) is 6.57.